The first kappa shape index (κ1) is 23.5. The van der Waals surface area contributed by atoms with Crippen LogP contribution in [0.1, 0.15) is 39.2 Å². The molecule has 0 saturated heterocycles. The van der Waals surface area contributed by atoms with E-state index in [9.17, 15) is 9.59 Å². The summed E-state index contributed by atoms with van der Waals surface area (Å²) < 4.78 is 10.8. The van der Waals surface area contributed by atoms with Gasteiger partial charge >= 0.3 is 11.9 Å². The van der Waals surface area contributed by atoms with Gasteiger partial charge in [0.1, 0.15) is 5.82 Å². The number of allylic oxidation sites excluding steroid dienone is 1. The number of hydrogen-bond donors (Lipinski definition) is 1. The summed E-state index contributed by atoms with van der Waals surface area (Å²) in [7, 11) is 3.63. The maximum absolute atomic E-state index is 13.0. The second kappa shape index (κ2) is 10.3. The van der Waals surface area contributed by atoms with E-state index in [1.54, 1.807) is 63.2 Å². The average molecular weight is 434 g/mol. The number of nitrogens with zero attached hydrogens (tertiary/aromatic N) is 2. The topological polar surface area (TPSA) is 80.2 Å². The van der Waals surface area contributed by atoms with Crippen molar-refractivity contribution >= 4 is 29.9 Å². The molecule has 1 unspecified atom stereocenters. The van der Waals surface area contributed by atoms with Crippen molar-refractivity contribution in [3.05, 3.63) is 57.5 Å². The normalized spacial score (nSPS) is 16.7. The van der Waals surface area contributed by atoms with Gasteiger partial charge in [-0.2, -0.15) is 0 Å². The molecule has 0 saturated carbocycles. The molecular weight excluding hydrogens is 406 g/mol. The quantitative estimate of drug-likeness (QED) is 0.402. The third kappa shape index (κ3) is 5.42. The number of carbonyl (C=O) groups excluding carboxylic acids is 2. The minimum Gasteiger partial charge on any atom is -0.463 e. The summed E-state index contributed by atoms with van der Waals surface area (Å²) in [6.07, 6.45) is 1.24. The standard InChI is InChI=1S/C22H28ClN3O4/c1-7-29-21(27)19-18(15-10-8-9-11-16(15)23)17(22(28)30-13(2)3)14(4)25-20(19)24-12-26(5)6/h8-13,18,25H,7H2,1-6H3. The van der Waals surface area contributed by atoms with E-state index in [1.807, 2.05) is 14.1 Å². The lowest BCUT2D eigenvalue weighted by molar-refractivity contribution is -0.143. The molecule has 0 aromatic heterocycles. The Hall–Kier alpha value is -2.80. The first-order chi connectivity index (χ1) is 14.2. The van der Waals surface area contributed by atoms with Gasteiger partial charge in [-0.1, -0.05) is 29.8 Å². The van der Waals surface area contributed by atoms with Crippen molar-refractivity contribution in [1.82, 2.24) is 10.2 Å². The fourth-order valence-corrected chi connectivity index (χ4v) is 3.32. The molecule has 1 aromatic carbocycles. The van der Waals surface area contributed by atoms with E-state index in [0.29, 0.717) is 27.7 Å². The predicted molar refractivity (Wildman–Crippen MR) is 117 cm³/mol. The molecule has 2 rings (SSSR count). The zero-order valence-corrected chi connectivity index (χ0v) is 18.9. The number of ether oxygens (including phenoxy) is 2. The molecule has 0 aliphatic carbocycles. The van der Waals surface area contributed by atoms with E-state index in [2.05, 4.69) is 10.3 Å². The number of esters is 2. The van der Waals surface area contributed by atoms with E-state index >= 15 is 0 Å². The van der Waals surface area contributed by atoms with E-state index < -0.39 is 17.9 Å². The highest BCUT2D eigenvalue weighted by Crippen LogP contribution is 2.42. The van der Waals surface area contributed by atoms with E-state index in [0.717, 1.165) is 0 Å². The molecule has 8 heteroatoms. The Kier molecular flexibility index (Phi) is 8.06. The van der Waals surface area contributed by atoms with E-state index in [4.69, 9.17) is 21.1 Å². The van der Waals surface area contributed by atoms with Crippen LogP contribution in [0.5, 0.6) is 0 Å². The van der Waals surface area contributed by atoms with Crippen LogP contribution < -0.4 is 5.32 Å². The van der Waals surface area contributed by atoms with Crippen LogP contribution in [-0.4, -0.2) is 50.0 Å². The first-order valence-electron chi connectivity index (χ1n) is 9.72. The van der Waals surface area contributed by atoms with Crippen LogP contribution in [0, 0.1) is 0 Å². The molecule has 7 nitrogen and oxygen atoms in total. The zero-order valence-electron chi connectivity index (χ0n) is 18.2. The van der Waals surface area contributed by atoms with E-state index in [-0.39, 0.29) is 18.3 Å². The fourth-order valence-electron chi connectivity index (χ4n) is 3.08. The van der Waals surface area contributed by atoms with Crippen molar-refractivity contribution < 1.29 is 19.1 Å². The molecule has 0 bridgehead atoms. The highest BCUT2D eigenvalue weighted by molar-refractivity contribution is 6.31. The van der Waals surface area contributed by atoms with Crippen molar-refractivity contribution in [2.75, 3.05) is 20.7 Å². The van der Waals surface area contributed by atoms with E-state index in [1.165, 1.54) is 0 Å². The Morgan fingerprint density at radius 3 is 2.47 bits per heavy atom. The van der Waals surface area contributed by atoms with Gasteiger partial charge in [-0.05, 0) is 39.3 Å². The molecule has 1 aliphatic rings. The molecule has 30 heavy (non-hydrogen) atoms. The molecular formula is C22H28ClN3O4. The fraction of sp³-hybridized carbons (Fsp3) is 0.409. The molecule has 162 valence electrons. The van der Waals surface area contributed by atoms with Crippen molar-refractivity contribution in [2.45, 2.75) is 39.7 Å². The number of rotatable bonds is 7. The van der Waals surface area contributed by atoms with Gasteiger partial charge in [-0.25, -0.2) is 14.6 Å². The summed E-state index contributed by atoms with van der Waals surface area (Å²) in [6.45, 7) is 7.18. The number of carbonyl (C=O) groups is 2. The Labute approximate surface area is 182 Å². The molecule has 1 atom stereocenters. The third-order valence-electron chi connectivity index (χ3n) is 4.23. The third-order valence-corrected chi connectivity index (χ3v) is 4.58. The smallest absolute Gasteiger partial charge is 0.338 e. The molecule has 0 fully saturated rings. The number of hydrogen-bond acceptors (Lipinski definition) is 6. The van der Waals surface area contributed by atoms with Crippen molar-refractivity contribution in [3.8, 4) is 0 Å². The van der Waals surface area contributed by atoms with Crippen LogP contribution in [0.2, 0.25) is 5.02 Å². The lowest BCUT2D eigenvalue weighted by Gasteiger charge is -2.30. The number of dihydropyridines is 1. The van der Waals surface area contributed by atoms with Crippen LogP contribution in [0.3, 0.4) is 0 Å². The Balaban J connectivity index is 2.77. The molecule has 1 aliphatic heterocycles. The Bertz CT molecular complexity index is 903. The van der Waals surface area contributed by atoms with Crippen LogP contribution in [-0.2, 0) is 19.1 Å². The number of nitrogens with one attached hydrogen (secondary N) is 1. The molecule has 1 heterocycles. The molecule has 0 amide bonds. The van der Waals surface area contributed by atoms with Crippen molar-refractivity contribution in [3.63, 3.8) is 0 Å². The number of aliphatic imine (C=N–C) groups is 1. The highest BCUT2D eigenvalue weighted by atomic mass is 35.5. The van der Waals surface area contributed by atoms with Gasteiger partial charge in [0.2, 0.25) is 0 Å². The summed E-state index contributed by atoms with van der Waals surface area (Å²) in [6, 6.07) is 7.08. The Morgan fingerprint density at radius 1 is 1.23 bits per heavy atom. The number of halogens is 1. The zero-order chi connectivity index (χ0) is 22.4. The monoisotopic (exact) mass is 433 g/mol. The summed E-state index contributed by atoms with van der Waals surface area (Å²) in [5.74, 6) is -1.61. The molecule has 0 spiro atoms. The molecule has 1 N–H and O–H groups in total. The van der Waals surface area contributed by atoms with Crippen LogP contribution in [0.15, 0.2) is 51.9 Å². The SMILES string of the molecule is CCOC(=O)C1=C(N=CN(C)C)NC(C)=C(C(=O)OC(C)C)C1c1ccccc1Cl. The Morgan fingerprint density at radius 2 is 1.90 bits per heavy atom. The lowest BCUT2D eigenvalue weighted by Crippen LogP contribution is -2.34. The second-order valence-corrected chi connectivity index (χ2v) is 7.67. The molecule has 0 radical (unpaired) electrons. The summed E-state index contributed by atoms with van der Waals surface area (Å²) in [5.41, 5.74) is 1.62. The first-order valence-corrected chi connectivity index (χ1v) is 10.1. The largest absolute Gasteiger partial charge is 0.463 e. The van der Waals surface area contributed by atoms with Crippen molar-refractivity contribution in [2.24, 2.45) is 4.99 Å². The highest BCUT2D eigenvalue weighted by Gasteiger charge is 2.40. The number of benzene rings is 1. The van der Waals surface area contributed by atoms with Crippen LogP contribution in [0.25, 0.3) is 0 Å². The van der Waals surface area contributed by atoms with Crippen LogP contribution in [0.4, 0.5) is 0 Å². The minimum absolute atomic E-state index is 0.177. The summed E-state index contributed by atoms with van der Waals surface area (Å²) in [4.78, 5) is 32.2. The van der Waals surface area contributed by atoms with Crippen molar-refractivity contribution in [1.29, 1.82) is 0 Å². The van der Waals surface area contributed by atoms with Gasteiger partial charge in [0.25, 0.3) is 0 Å². The maximum Gasteiger partial charge on any atom is 0.338 e. The van der Waals surface area contributed by atoms with Gasteiger partial charge < -0.3 is 19.7 Å². The van der Waals surface area contributed by atoms with Crippen LogP contribution >= 0.6 is 11.6 Å². The minimum atomic E-state index is -0.792. The average Bonchev–Trinajstić information content (AvgIpc) is 2.65. The molecule has 1 aromatic rings. The van der Waals surface area contributed by atoms with Gasteiger partial charge in [0, 0.05) is 24.8 Å². The van der Waals surface area contributed by atoms with Gasteiger partial charge in [0.15, 0.2) is 0 Å². The van der Waals surface area contributed by atoms with Gasteiger partial charge in [-0.3, -0.25) is 0 Å². The second-order valence-electron chi connectivity index (χ2n) is 7.26. The summed E-state index contributed by atoms with van der Waals surface area (Å²) >= 11 is 6.49. The summed E-state index contributed by atoms with van der Waals surface area (Å²) in [5, 5.41) is 3.50. The predicted octanol–water partition coefficient (Wildman–Crippen LogP) is 3.62. The van der Waals surface area contributed by atoms with Gasteiger partial charge in [0.05, 0.1) is 36.1 Å². The maximum atomic E-state index is 13.0. The lowest BCUT2D eigenvalue weighted by atomic mass is 9.81. The van der Waals surface area contributed by atoms with Gasteiger partial charge in [-0.15, -0.1) is 0 Å².